The van der Waals surface area contributed by atoms with E-state index in [0.717, 1.165) is 17.5 Å². The van der Waals surface area contributed by atoms with Crippen molar-refractivity contribution < 1.29 is 14.3 Å². The average molecular weight is 325 g/mol. The molecule has 2 amide bonds. The molecule has 0 unspecified atom stereocenters. The first-order valence-electron chi connectivity index (χ1n) is 7.87. The molecule has 1 aromatic carbocycles. The van der Waals surface area contributed by atoms with Crippen LogP contribution < -0.4 is 0 Å². The molecule has 1 saturated heterocycles. The number of hydrogen-bond donors (Lipinski definition) is 0. The molecule has 0 atom stereocenters. The molecule has 0 N–H and O–H groups in total. The zero-order valence-electron chi connectivity index (χ0n) is 13.5. The highest BCUT2D eigenvalue weighted by Gasteiger charge is 2.33. The maximum atomic E-state index is 12.7. The van der Waals surface area contributed by atoms with Gasteiger partial charge < -0.3 is 4.74 Å². The number of benzene rings is 1. The van der Waals surface area contributed by atoms with E-state index in [0.29, 0.717) is 18.7 Å². The molecule has 1 aliphatic heterocycles. The Balaban J connectivity index is 1.67. The predicted octanol–water partition coefficient (Wildman–Crippen LogP) is 2.79. The first-order valence-corrected chi connectivity index (χ1v) is 7.87. The van der Waals surface area contributed by atoms with Crippen LogP contribution in [0.1, 0.15) is 27.9 Å². The summed E-state index contributed by atoms with van der Waals surface area (Å²) in [5.74, 6) is -0.227. The average Bonchev–Trinajstić information content (AvgIpc) is 3.10. The Morgan fingerprint density at radius 2 is 1.88 bits per heavy atom. The fraction of sp³-hybridized carbons (Fsp3) is 0.278. The fourth-order valence-electron chi connectivity index (χ4n) is 2.63. The zero-order valence-corrected chi connectivity index (χ0v) is 13.5. The molecule has 0 aliphatic carbocycles. The first kappa shape index (κ1) is 16.0. The monoisotopic (exact) mass is 325 g/mol. The second-order valence-corrected chi connectivity index (χ2v) is 5.64. The number of nitrogens with zero attached hydrogens (tertiary/aromatic N) is 3. The van der Waals surface area contributed by atoms with Crippen molar-refractivity contribution in [2.24, 2.45) is 0 Å². The van der Waals surface area contributed by atoms with Gasteiger partial charge in [0.05, 0.1) is 5.56 Å². The smallest absolute Gasteiger partial charge is 0.429 e. The van der Waals surface area contributed by atoms with Crippen molar-refractivity contribution in [2.45, 2.75) is 20.0 Å². The number of aryl methyl sites for hydroxylation is 1. The van der Waals surface area contributed by atoms with E-state index in [-0.39, 0.29) is 12.5 Å². The maximum absolute atomic E-state index is 12.7. The third kappa shape index (κ3) is 3.37. The van der Waals surface area contributed by atoms with Crippen LogP contribution in [0.25, 0.3) is 0 Å². The molecular weight excluding hydrogens is 306 g/mol. The van der Waals surface area contributed by atoms with Crippen LogP contribution in [0.5, 0.6) is 0 Å². The molecule has 24 heavy (non-hydrogen) atoms. The van der Waals surface area contributed by atoms with E-state index in [1.807, 2.05) is 37.3 Å². The van der Waals surface area contributed by atoms with E-state index in [9.17, 15) is 9.59 Å². The third-order valence-corrected chi connectivity index (χ3v) is 3.95. The van der Waals surface area contributed by atoms with E-state index >= 15 is 0 Å². The molecule has 6 nitrogen and oxygen atoms in total. The number of carbonyl (C=O) groups is 2. The summed E-state index contributed by atoms with van der Waals surface area (Å²) in [4.78, 5) is 29.0. The normalized spacial score (nSPS) is 13.9. The maximum Gasteiger partial charge on any atom is 0.429 e. The molecule has 1 fully saturated rings. The third-order valence-electron chi connectivity index (χ3n) is 3.95. The van der Waals surface area contributed by atoms with E-state index < -0.39 is 6.09 Å². The van der Waals surface area contributed by atoms with Crippen LogP contribution in [-0.2, 0) is 11.3 Å². The van der Waals surface area contributed by atoms with Crippen LogP contribution >= 0.6 is 0 Å². The number of hydrogen-bond acceptors (Lipinski definition) is 4. The molecule has 1 aromatic heterocycles. The summed E-state index contributed by atoms with van der Waals surface area (Å²) in [6, 6.07) is 11.2. The summed E-state index contributed by atoms with van der Waals surface area (Å²) in [5, 5.41) is 2.81. The molecule has 6 heteroatoms. The van der Waals surface area contributed by atoms with Gasteiger partial charge in [-0.2, -0.15) is 0 Å². The van der Waals surface area contributed by atoms with E-state index in [1.54, 1.807) is 12.3 Å². The Kier molecular flexibility index (Phi) is 4.74. The number of aromatic nitrogens is 1. The number of ether oxygens (including phenoxy) is 1. The van der Waals surface area contributed by atoms with Crippen LogP contribution in [0.15, 0.2) is 48.8 Å². The Morgan fingerprint density at radius 3 is 2.62 bits per heavy atom. The molecule has 0 saturated carbocycles. The Labute approximate surface area is 140 Å². The SMILES string of the molecule is Cc1ccncc1C(=O)N1CCCN1C(=O)OCc1ccccc1. The number of rotatable bonds is 3. The van der Waals surface area contributed by atoms with Crippen molar-refractivity contribution in [2.75, 3.05) is 13.1 Å². The topological polar surface area (TPSA) is 62.7 Å². The minimum absolute atomic E-state index is 0.185. The molecule has 124 valence electrons. The van der Waals surface area contributed by atoms with Crippen LogP contribution in [0, 0.1) is 6.92 Å². The van der Waals surface area contributed by atoms with Crippen LogP contribution in [0.3, 0.4) is 0 Å². The van der Waals surface area contributed by atoms with Gasteiger partial charge in [0.25, 0.3) is 5.91 Å². The second kappa shape index (κ2) is 7.12. The highest BCUT2D eigenvalue weighted by molar-refractivity contribution is 5.96. The van der Waals surface area contributed by atoms with Gasteiger partial charge >= 0.3 is 6.09 Å². The standard InChI is InChI=1S/C18H19N3O3/c1-14-8-9-19-12-16(14)17(22)20-10-5-11-21(20)18(23)24-13-15-6-3-2-4-7-15/h2-4,6-9,12H,5,10-11,13H2,1H3. The summed E-state index contributed by atoms with van der Waals surface area (Å²) in [5.41, 5.74) is 2.24. The quantitative estimate of drug-likeness (QED) is 0.870. The van der Waals surface area contributed by atoms with Gasteiger partial charge in [-0.05, 0) is 30.5 Å². The van der Waals surface area contributed by atoms with Gasteiger partial charge in [0.1, 0.15) is 6.61 Å². The number of hydrazine groups is 1. The zero-order chi connectivity index (χ0) is 16.9. The minimum Gasteiger partial charge on any atom is -0.443 e. The van der Waals surface area contributed by atoms with Crippen molar-refractivity contribution in [3.63, 3.8) is 0 Å². The summed E-state index contributed by atoms with van der Waals surface area (Å²) < 4.78 is 5.34. The van der Waals surface area contributed by atoms with Gasteiger partial charge in [0, 0.05) is 25.5 Å². The lowest BCUT2D eigenvalue weighted by atomic mass is 10.1. The molecular formula is C18H19N3O3. The lowest BCUT2D eigenvalue weighted by molar-refractivity contribution is 0.0110. The van der Waals surface area contributed by atoms with Gasteiger partial charge in [-0.15, -0.1) is 0 Å². The minimum atomic E-state index is -0.508. The molecule has 3 rings (SSSR count). The highest BCUT2D eigenvalue weighted by atomic mass is 16.6. The molecule has 0 radical (unpaired) electrons. The number of pyridine rings is 1. The van der Waals surface area contributed by atoms with Crippen molar-refractivity contribution in [3.8, 4) is 0 Å². The van der Waals surface area contributed by atoms with Gasteiger partial charge in [-0.25, -0.2) is 14.8 Å². The van der Waals surface area contributed by atoms with E-state index in [2.05, 4.69) is 4.98 Å². The van der Waals surface area contributed by atoms with Crippen molar-refractivity contribution in [1.29, 1.82) is 0 Å². The van der Waals surface area contributed by atoms with E-state index in [1.165, 1.54) is 16.2 Å². The van der Waals surface area contributed by atoms with Crippen molar-refractivity contribution in [1.82, 2.24) is 15.0 Å². The van der Waals surface area contributed by atoms with Gasteiger partial charge in [0.2, 0.25) is 0 Å². The fourth-order valence-corrected chi connectivity index (χ4v) is 2.63. The molecule has 0 spiro atoms. The number of amides is 2. The molecule has 1 aliphatic rings. The van der Waals surface area contributed by atoms with Crippen LogP contribution in [0.4, 0.5) is 4.79 Å². The lowest BCUT2D eigenvalue weighted by Crippen LogP contribution is -2.45. The van der Waals surface area contributed by atoms with Gasteiger partial charge in [0.15, 0.2) is 0 Å². The molecule has 0 bridgehead atoms. The van der Waals surface area contributed by atoms with Crippen molar-refractivity contribution in [3.05, 3.63) is 65.5 Å². The van der Waals surface area contributed by atoms with Crippen molar-refractivity contribution >= 4 is 12.0 Å². The largest absolute Gasteiger partial charge is 0.443 e. The summed E-state index contributed by atoms with van der Waals surface area (Å²) >= 11 is 0. The number of carbonyl (C=O) groups excluding carboxylic acids is 2. The molecule has 2 aromatic rings. The summed E-state index contributed by atoms with van der Waals surface area (Å²) in [6.07, 6.45) is 3.39. The highest BCUT2D eigenvalue weighted by Crippen LogP contribution is 2.18. The Morgan fingerprint density at radius 1 is 1.12 bits per heavy atom. The predicted molar refractivity (Wildman–Crippen MR) is 88.0 cm³/mol. The second-order valence-electron chi connectivity index (χ2n) is 5.64. The van der Waals surface area contributed by atoms with E-state index in [4.69, 9.17) is 4.74 Å². The van der Waals surface area contributed by atoms with Crippen LogP contribution in [0.2, 0.25) is 0 Å². The summed E-state index contributed by atoms with van der Waals surface area (Å²) in [6.45, 7) is 3.00. The summed E-state index contributed by atoms with van der Waals surface area (Å²) in [7, 11) is 0. The van der Waals surface area contributed by atoms with Gasteiger partial charge in [-0.1, -0.05) is 30.3 Å². The molecule has 2 heterocycles. The first-order chi connectivity index (χ1) is 11.7. The lowest BCUT2D eigenvalue weighted by Gasteiger charge is -2.27. The Bertz CT molecular complexity index is 733. The van der Waals surface area contributed by atoms with Gasteiger partial charge in [-0.3, -0.25) is 9.78 Å². The van der Waals surface area contributed by atoms with Crippen LogP contribution in [-0.4, -0.2) is 40.1 Å². The Hall–Kier alpha value is -2.89.